The maximum Gasteiger partial charge on any atom is 0.216 e. The zero-order valence-corrected chi connectivity index (χ0v) is 12.5. The smallest absolute Gasteiger partial charge is 0.216 e. The minimum absolute atomic E-state index is 0.435. The average molecular weight is 298 g/mol. The quantitative estimate of drug-likeness (QED) is 0.592. The van der Waals surface area contributed by atoms with E-state index < -0.39 is 0 Å². The molecule has 1 aromatic carbocycles. The van der Waals surface area contributed by atoms with E-state index in [4.69, 9.17) is 16.6 Å². The summed E-state index contributed by atoms with van der Waals surface area (Å²) in [4.78, 5) is 0. The van der Waals surface area contributed by atoms with Gasteiger partial charge >= 0.3 is 0 Å². The number of nitrogens with one attached hydrogen (secondary N) is 1. The molecule has 21 heavy (non-hydrogen) atoms. The Morgan fingerprint density at radius 3 is 2.62 bits per heavy atom. The topological polar surface area (TPSA) is 59.1 Å². The van der Waals surface area contributed by atoms with Crippen LogP contribution >= 0.6 is 12.2 Å². The van der Waals surface area contributed by atoms with E-state index in [1.165, 1.54) is 5.56 Å². The van der Waals surface area contributed by atoms with E-state index in [-0.39, 0.29) is 0 Å². The molecule has 3 rings (SSSR count). The van der Waals surface area contributed by atoms with Crippen LogP contribution in [0.4, 0.5) is 0 Å². The van der Waals surface area contributed by atoms with Gasteiger partial charge in [-0.3, -0.25) is 0 Å². The first-order valence-corrected chi connectivity index (χ1v) is 6.89. The van der Waals surface area contributed by atoms with Crippen molar-refractivity contribution >= 4 is 18.4 Å². The highest BCUT2D eigenvalue weighted by Crippen LogP contribution is 2.17. The number of H-pyrrole nitrogens is 1. The third kappa shape index (κ3) is 2.85. The van der Waals surface area contributed by atoms with Crippen molar-refractivity contribution in [2.24, 2.45) is 5.10 Å². The first-order valence-electron chi connectivity index (χ1n) is 6.49. The molecule has 0 saturated heterocycles. The number of furan rings is 1. The predicted octanol–water partition coefficient (Wildman–Crippen LogP) is 3.70. The Labute approximate surface area is 126 Å². The molecule has 0 radical (unpaired) electrons. The van der Waals surface area contributed by atoms with Crippen LogP contribution in [0.15, 0.2) is 45.9 Å². The largest absolute Gasteiger partial charge is 0.460 e. The molecule has 2 aromatic heterocycles. The van der Waals surface area contributed by atoms with Crippen LogP contribution in [0, 0.1) is 18.6 Å². The maximum atomic E-state index is 5.46. The Kier molecular flexibility index (Phi) is 3.53. The molecule has 0 atom stereocenters. The standard InChI is InChI=1S/C15H14N4OS/c1-10-3-6-12(7-4-10)14-17-18-15(21)19(14)16-9-13-8-5-11(2)20-13/h3-9H,1-2H3,(H,18,21)/b16-9-. The van der Waals surface area contributed by atoms with Gasteiger partial charge in [0.2, 0.25) is 4.77 Å². The van der Waals surface area contributed by atoms with E-state index in [1.54, 1.807) is 10.9 Å². The van der Waals surface area contributed by atoms with Crippen molar-refractivity contribution in [1.29, 1.82) is 0 Å². The van der Waals surface area contributed by atoms with E-state index in [0.717, 1.165) is 11.3 Å². The second kappa shape index (κ2) is 5.49. The molecule has 0 bridgehead atoms. The number of benzene rings is 1. The summed E-state index contributed by atoms with van der Waals surface area (Å²) >= 11 is 5.22. The fourth-order valence-electron chi connectivity index (χ4n) is 1.93. The summed E-state index contributed by atoms with van der Waals surface area (Å²) in [5, 5.41) is 11.3. The summed E-state index contributed by atoms with van der Waals surface area (Å²) < 4.78 is 7.47. The van der Waals surface area contributed by atoms with E-state index in [2.05, 4.69) is 15.3 Å². The van der Waals surface area contributed by atoms with Gasteiger partial charge in [-0.15, -0.1) is 0 Å². The van der Waals surface area contributed by atoms with Gasteiger partial charge in [0.15, 0.2) is 5.82 Å². The van der Waals surface area contributed by atoms with Gasteiger partial charge in [-0.05, 0) is 38.2 Å². The fraction of sp³-hybridized carbons (Fsp3) is 0.133. The SMILES string of the molecule is Cc1ccc(-c2n[nH]c(=S)n2/N=C\c2ccc(C)o2)cc1. The summed E-state index contributed by atoms with van der Waals surface area (Å²) in [7, 11) is 0. The van der Waals surface area contributed by atoms with E-state index >= 15 is 0 Å². The van der Waals surface area contributed by atoms with Crippen LogP contribution in [0.5, 0.6) is 0 Å². The van der Waals surface area contributed by atoms with Crippen LogP contribution in [0.1, 0.15) is 17.1 Å². The molecule has 6 heteroatoms. The molecule has 3 aromatic rings. The molecule has 5 nitrogen and oxygen atoms in total. The first kappa shape index (κ1) is 13.5. The number of nitrogens with zero attached hydrogens (tertiary/aromatic N) is 3. The molecule has 0 aliphatic rings. The van der Waals surface area contributed by atoms with Crippen LogP contribution < -0.4 is 0 Å². The molecule has 0 saturated carbocycles. The number of aromatic amines is 1. The van der Waals surface area contributed by atoms with Gasteiger partial charge in [-0.1, -0.05) is 29.8 Å². The normalized spacial score (nSPS) is 11.3. The van der Waals surface area contributed by atoms with E-state index in [9.17, 15) is 0 Å². The highest BCUT2D eigenvalue weighted by atomic mass is 32.1. The lowest BCUT2D eigenvalue weighted by atomic mass is 10.1. The highest BCUT2D eigenvalue weighted by Gasteiger charge is 2.07. The highest BCUT2D eigenvalue weighted by molar-refractivity contribution is 7.71. The molecule has 0 amide bonds. The Morgan fingerprint density at radius 2 is 1.95 bits per heavy atom. The Bertz CT molecular complexity index is 839. The zero-order valence-electron chi connectivity index (χ0n) is 11.7. The zero-order chi connectivity index (χ0) is 14.8. The number of aromatic nitrogens is 3. The molecule has 106 valence electrons. The third-order valence-corrected chi connectivity index (χ3v) is 3.29. The van der Waals surface area contributed by atoms with E-state index in [0.29, 0.717) is 16.4 Å². The molecule has 1 N–H and O–H groups in total. The minimum atomic E-state index is 0.435. The monoisotopic (exact) mass is 298 g/mol. The fourth-order valence-corrected chi connectivity index (χ4v) is 2.10. The van der Waals surface area contributed by atoms with Crippen molar-refractivity contribution in [3.63, 3.8) is 0 Å². The maximum absolute atomic E-state index is 5.46. The number of hydrogen-bond donors (Lipinski definition) is 1. The van der Waals surface area contributed by atoms with Gasteiger partial charge in [0.1, 0.15) is 11.5 Å². The van der Waals surface area contributed by atoms with Crippen molar-refractivity contribution < 1.29 is 4.42 Å². The Morgan fingerprint density at radius 1 is 1.19 bits per heavy atom. The van der Waals surface area contributed by atoms with Crippen LogP contribution in [-0.4, -0.2) is 21.1 Å². The van der Waals surface area contributed by atoms with Crippen molar-refractivity contribution in [3.8, 4) is 11.4 Å². The number of aryl methyl sites for hydroxylation is 2. The Hall–Kier alpha value is -2.47. The van der Waals surface area contributed by atoms with Crippen molar-refractivity contribution in [1.82, 2.24) is 14.9 Å². The molecular weight excluding hydrogens is 284 g/mol. The lowest BCUT2D eigenvalue weighted by Gasteiger charge is -2.01. The second-order valence-electron chi connectivity index (χ2n) is 4.72. The average Bonchev–Trinajstić information content (AvgIpc) is 3.04. The van der Waals surface area contributed by atoms with Gasteiger partial charge in [0.05, 0.1) is 6.21 Å². The van der Waals surface area contributed by atoms with Crippen LogP contribution in [0.2, 0.25) is 0 Å². The predicted molar refractivity (Wildman–Crippen MR) is 84.0 cm³/mol. The Balaban J connectivity index is 1.99. The van der Waals surface area contributed by atoms with Crippen LogP contribution in [-0.2, 0) is 0 Å². The molecule has 0 aliphatic carbocycles. The van der Waals surface area contributed by atoms with Gasteiger partial charge < -0.3 is 4.42 Å². The van der Waals surface area contributed by atoms with E-state index in [1.807, 2.05) is 50.2 Å². The summed E-state index contributed by atoms with van der Waals surface area (Å²) in [6.07, 6.45) is 1.62. The molecule has 0 aliphatic heterocycles. The summed E-state index contributed by atoms with van der Waals surface area (Å²) in [6.45, 7) is 3.93. The summed E-state index contributed by atoms with van der Waals surface area (Å²) in [6, 6.07) is 11.8. The summed E-state index contributed by atoms with van der Waals surface area (Å²) in [5.74, 6) is 2.18. The lowest BCUT2D eigenvalue weighted by Crippen LogP contribution is -1.94. The molecule has 0 unspecified atom stereocenters. The van der Waals surface area contributed by atoms with Crippen molar-refractivity contribution in [2.75, 3.05) is 0 Å². The molecule has 0 fully saturated rings. The van der Waals surface area contributed by atoms with Gasteiger partial charge in [-0.2, -0.15) is 14.9 Å². The first-order chi connectivity index (χ1) is 10.1. The van der Waals surface area contributed by atoms with Crippen LogP contribution in [0.3, 0.4) is 0 Å². The third-order valence-electron chi connectivity index (χ3n) is 3.02. The lowest BCUT2D eigenvalue weighted by molar-refractivity contribution is 0.527. The van der Waals surface area contributed by atoms with Crippen molar-refractivity contribution in [2.45, 2.75) is 13.8 Å². The minimum Gasteiger partial charge on any atom is -0.460 e. The van der Waals surface area contributed by atoms with Gasteiger partial charge in [-0.25, -0.2) is 5.10 Å². The van der Waals surface area contributed by atoms with Gasteiger partial charge in [0, 0.05) is 5.56 Å². The van der Waals surface area contributed by atoms with Crippen molar-refractivity contribution in [3.05, 3.63) is 58.3 Å². The molecule has 0 spiro atoms. The second-order valence-corrected chi connectivity index (χ2v) is 5.11. The molecule has 2 heterocycles. The van der Waals surface area contributed by atoms with Gasteiger partial charge in [0.25, 0.3) is 0 Å². The number of rotatable bonds is 3. The molecular formula is C15H14N4OS. The number of hydrogen-bond acceptors (Lipinski definition) is 4. The summed E-state index contributed by atoms with van der Waals surface area (Å²) in [5.41, 5.74) is 2.13. The van der Waals surface area contributed by atoms with Crippen LogP contribution in [0.25, 0.3) is 11.4 Å².